The molecule has 4 aromatic carbocycles. The lowest BCUT2D eigenvalue weighted by molar-refractivity contribution is -0.156. The van der Waals surface area contributed by atoms with Gasteiger partial charge in [0.1, 0.15) is 11.6 Å². The molecule has 4 aromatic heterocycles. The van der Waals surface area contributed by atoms with Crippen LogP contribution in [0, 0.1) is 11.6 Å². The van der Waals surface area contributed by atoms with E-state index in [4.69, 9.17) is 18.9 Å². The molecular formula is C58H54F2N6O8. The number of carbonyl (C=O) groups excluding carboxylic acids is 4. The molecule has 2 aliphatic rings. The van der Waals surface area contributed by atoms with Gasteiger partial charge in [-0.1, -0.05) is 36.4 Å². The fraction of sp³-hybridized carbons (Fsp3) is 0.276. The molecular weight excluding hydrogens is 947 g/mol. The van der Waals surface area contributed by atoms with E-state index in [0.29, 0.717) is 55.8 Å². The van der Waals surface area contributed by atoms with E-state index >= 15 is 0 Å². The normalized spacial score (nSPS) is 14.8. The molecule has 0 aliphatic carbocycles. The molecule has 2 saturated heterocycles. The number of hydrogen-bond acceptors (Lipinski definition) is 12. The second kappa shape index (κ2) is 22.0. The molecule has 8 aromatic rings. The fourth-order valence-electron chi connectivity index (χ4n) is 10.1. The number of ketones is 2. The first kappa shape index (κ1) is 49.5. The first-order chi connectivity index (χ1) is 36.0. The van der Waals surface area contributed by atoms with E-state index in [0.717, 1.165) is 88.9 Å². The van der Waals surface area contributed by atoms with Gasteiger partial charge >= 0.3 is 11.9 Å². The van der Waals surface area contributed by atoms with Crippen molar-refractivity contribution in [2.24, 2.45) is 0 Å². The number of ether oxygens (including phenoxy) is 4. The zero-order valence-electron chi connectivity index (χ0n) is 41.0. The number of esters is 2. The molecule has 378 valence electrons. The number of rotatable bonds is 16. The molecule has 0 radical (unpaired) electrons. The molecule has 74 heavy (non-hydrogen) atoms. The molecule has 0 saturated carbocycles. The smallest absolute Gasteiger partial charge is 0.423 e. The number of hydrogen-bond donors (Lipinski definition) is 0. The largest absolute Gasteiger partial charge is 0.481 e. The number of methoxy groups -OCH3 is 2. The molecule has 14 nitrogen and oxygen atoms in total. The van der Waals surface area contributed by atoms with Crippen molar-refractivity contribution in [1.82, 2.24) is 28.9 Å². The summed E-state index contributed by atoms with van der Waals surface area (Å²) in [4.78, 5) is 68.6. The van der Waals surface area contributed by atoms with Gasteiger partial charge in [-0.3, -0.25) is 9.59 Å². The Morgan fingerprint density at radius 1 is 0.514 bits per heavy atom. The van der Waals surface area contributed by atoms with E-state index in [2.05, 4.69) is 19.8 Å². The summed E-state index contributed by atoms with van der Waals surface area (Å²) in [7, 11) is 3.00. The minimum absolute atomic E-state index is 0.0301. The fourth-order valence-corrected chi connectivity index (χ4v) is 10.1. The molecule has 0 amide bonds. The molecule has 0 N–H and O–H groups in total. The summed E-state index contributed by atoms with van der Waals surface area (Å²) < 4.78 is 53.3. The molecule has 2 aliphatic heterocycles. The van der Waals surface area contributed by atoms with Gasteiger partial charge < -0.3 is 37.9 Å². The van der Waals surface area contributed by atoms with Crippen molar-refractivity contribution < 1.29 is 46.9 Å². The van der Waals surface area contributed by atoms with Crippen LogP contribution >= 0.6 is 0 Å². The number of benzene rings is 4. The van der Waals surface area contributed by atoms with Gasteiger partial charge in [-0.05, 0) is 110 Å². The molecule has 0 atom stereocenters. The SMILES string of the molecule is COc1ccc(C(=O)c2ccc3c(OC(=O)C(=O)Oc4cn(C5CCN(CCc6ccc(F)cc6)CC5)c5cc(C(=O)c6ccc(OC)nc6)ccc45)cn(C4CCN(CCc5ccc(F)cc5)CC4)c3c2)cn1. The maximum Gasteiger partial charge on any atom is 0.423 e. The Labute approximate surface area is 426 Å². The first-order valence-corrected chi connectivity index (χ1v) is 24.8. The number of nitrogens with zero attached hydrogens (tertiary/aromatic N) is 6. The average Bonchev–Trinajstić information content (AvgIpc) is 3.99. The molecule has 6 heterocycles. The first-order valence-electron chi connectivity index (χ1n) is 24.8. The Morgan fingerprint density at radius 2 is 0.892 bits per heavy atom. The maximum atomic E-state index is 13.9. The van der Waals surface area contributed by atoms with Crippen molar-refractivity contribution in [2.45, 2.75) is 50.6 Å². The van der Waals surface area contributed by atoms with Gasteiger partial charge in [0.05, 0.1) is 25.3 Å². The number of pyridine rings is 2. The van der Waals surface area contributed by atoms with Gasteiger partial charge in [0.15, 0.2) is 23.1 Å². The highest BCUT2D eigenvalue weighted by Gasteiger charge is 2.30. The van der Waals surface area contributed by atoms with Crippen LogP contribution < -0.4 is 18.9 Å². The molecule has 2 fully saturated rings. The van der Waals surface area contributed by atoms with Gasteiger partial charge in [0, 0.05) is 121 Å². The highest BCUT2D eigenvalue weighted by atomic mass is 19.1. The van der Waals surface area contributed by atoms with Crippen LogP contribution in [0.2, 0.25) is 0 Å². The van der Waals surface area contributed by atoms with E-state index in [-0.39, 0.29) is 46.8 Å². The van der Waals surface area contributed by atoms with Crippen LogP contribution in [0.1, 0.15) is 80.7 Å². The molecule has 10 rings (SSSR count). The third kappa shape index (κ3) is 11.0. The second-order valence-corrected chi connectivity index (χ2v) is 18.8. The zero-order valence-corrected chi connectivity index (χ0v) is 41.0. The Morgan fingerprint density at radius 3 is 1.24 bits per heavy atom. The molecule has 16 heteroatoms. The number of piperidine rings is 2. The van der Waals surface area contributed by atoms with Gasteiger partial charge in [-0.2, -0.15) is 0 Å². The summed E-state index contributed by atoms with van der Waals surface area (Å²) in [6.45, 7) is 4.73. The Balaban J connectivity index is 0.893. The molecule has 0 spiro atoms. The Bertz CT molecular complexity index is 3100. The number of aromatic nitrogens is 4. The Kier molecular flexibility index (Phi) is 14.7. The van der Waals surface area contributed by atoms with Crippen LogP contribution in [0.15, 0.2) is 134 Å². The summed E-state index contributed by atoms with van der Waals surface area (Å²) in [5, 5.41) is 1.05. The van der Waals surface area contributed by atoms with Gasteiger partial charge in [-0.15, -0.1) is 0 Å². The van der Waals surface area contributed by atoms with Crippen molar-refractivity contribution in [3.8, 4) is 23.3 Å². The van der Waals surface area contributed by atoms with Crippen molar-refractivity contribution in [3.05, 3.63) is 179 Å². The van der Waals surface area contributed by atoms with E-state index in [1.807, 2.05) is 9.13 Å². The zero-order chi connectivity index (χ0) is 51.3. The number of halogens is 2. The van der Waals surface area contributed by atoms with E-state index in [1.165, 1.54) is 50.9 Å². The van der Waals surface area contributed by atoms with Crippen molar-refractivity contribution in [2.75, 3.05) is 53.5 Å². The van der Waals surface area contributed by atoms with Gasteiger partial charge in [-0.25, -0.2) is 28.3 Å². The lowest BCUT2D eigenvalue weighted by Crippen LogP contribution is -2.35. The third-order valence-corrected chi connectivity index (χ3v) is 14.3. The van der Waals surface area contributed by atoms with Crippen molar-refractivity contribution in [1.29, 1.82) is 0 Å². The minimum Gasteiger partial charge on any atom is -0.481 e. The van der Waals surface area contributed by atoms with Crippen molar-refractivity contribution >= 4 is 45.3 Å². The summed E-state index contributed by atoms with van der Waals surface area (Å²) in [6.07, 6.45) is 10.9. The quantitative estimate of drug-likeness (QED) is 0.0516. The number of fused-ring (bicyclic) bond motifs is 2. The summed E-state index contributed by atoms with van der Waals surface area (Å²) in [5.41, 5.74) is 4.96. The monoisotopic (exact) mass is 1000 g/mol. The number of likely N-dealkylation sites (tertiary alicyclic amines) is 2. The number of carbonyl (C=O) groups is 4. The summed E-state index contributed by atoms with van der Waals surface area (Å²) in [5.74, 6) is -2.49. The summed E-state index contributed by atoms with van der Waals surface area (Å²) in [6, 6.07) is 29.9. The highest BCUT2D eigenvalue weighted by molar-refractivity contribution is 6.31. The minimum atomic E-state index is -1.24. The second-order valence-electron chi connectivity index (χ2n) is 18.8. The predicted octanol–water partition coefficient (Wildman–Crippen LogP) is 9.41. The lowest BCUT2D eigenvalue weighted by atomic mass is 10.0. The Hall–Kier alpha value is -8.08. The maximum absolute atomic E-state index is 13.9. The van der Waals surface area contributed by atoms with Crippen molar-refractivity contribution in [3.63, 3.8) is 0 Å². The predicted molar refractivity (Wildman–Crippen MR) is 273 cm³/mol. The van der Waals surface area contributed by atoms with E-state index in [9.17, 15) is 28.0 Å². The van der Waals surface area contributed by atoms with Crippen LogP contribution in [0.25, 0.3) is 21.8 Å². The van der Waals surface area contributed by atoms with Crippen LogP contribution in [0.4, 0.5) is 8.78 Å². The van der Waals surface area contributed by atoms with Crippen LogP contribution in [0.5, 0.6) is 23.3 Å². The van der Waals surface area contributed by atoms with Crippen LogP contribution in [-0.4, -0.2) is 106 Å². The van der Waals surface area contributed by atoms with E-state index in [1.54, 1.807) is 97.3 Å². The standard InChI is InChI=1S/C58H54F2N6O8/c1-71-53-17-9-41(33-61-53)55(67)39-7-15-47-49(31-39)65(45-21-27-63(28-22-45)25-19-37-3-11-43(59)12-4-37)35-51(47)73-57(69)58(70)74-52-36-66(46-23-29-64(30-24-46)26-20-38-5-13-44(60)14-6-38)50-32-40(8-16-48(50)52)56(68)42-10-18-54(72-2)62-34-42/h3-18,31-36,45-46H,19-30H2,1-2H3. The third-order valence-electron chi connectivity index (χ3n) is 14.3. The average molecular weight is 1000 g/mol. The molecule has 0 bridgehead atoms. The van der Waals surface area contributed by atoms with Gasteiger partial charge in [0.2, 0.25) is 11.8 Å². The molecule has 0 unspecified atom stereocenters. The van der Waals surface area contributed by atoms with Crippen LogP contribution in [-0.2, 0) is 22.4 Å². The van der Waals surface area contributed by atoms with Gasteiger partial charge in [0.25, 0.3) is 0 Å². The van der Waals surface area contributed by atoms with E-state index < -0.39 is 11.9 Å². The highest BCUT2D eigenvalue weighted by Crippen LogP contribution is 2.38. The van der Waals surface area contributed by atoms with Crippen LogP contribution in [0.3, 0.4) is 0 Å². The topological polar surface area (TPSA) is 147 Å². The lowest BCUT2D eigenvalue weighted by Gasteiger charge is -2.33. The summed E-state index contributed by atoms with van der Waals surface area (Å²) >= 11 is 0.